The van der Waals surface area contributed by atoms with Gasteiger partial charge < -0.3 is 4.98 Å². The minimum Gasteiger partial charge on any atom is -0.348 e. The fourth-order valence-corrected chi connectivity index (χ4v) is 2.57. The van der Waals surface area contributed by atoms with E-state index in [1.807, 2.05) is 6.92 Å². The molecule has 1 aromatic heterocycles. The molecule has 1 aromatic carbocycles. The summed E-state index contributed by atoms with van der Waals surface area (Å²) in [5, 5.41) is 6.59. The molecule has 1 aliphatic rings. The maximum Gasteiger partial charge on any atom is 0.256 e. The average molecular weight is 303 g/mol. The topological polar surface area (TPSA) is 61.4 Å². The molecule has 3 rings (SSSR count). The van der Waals surface area contributed by atoms with Crippen LogP contribution in [-0.4, -0.2) is 21.6 Å². The van der Waals surface area contributed by atoms with Crippen molar-refractivity contribution in [1.82, 2.24) is 9.97 Å². The number of hydrogen-bond donors (Lipinski definition) is 1. The lowest BCUT2D eigenvalue weighted by atomic mass is 9.98. The lowest BCUT2D eigenvalue weighted by molar-refractivity contribution is -0.119. The second-order valence-electron chi connectivity index (χ2n) is 4.89. The number of carbonyl (C=O) groups is 1. The highest BCUT2D eigenvalue weighted by Gasteiger charge is 2.35. The average Bonchev–Trinajstić information content (AvgIpc) is 3.09. The van der Waals surface area contributed by atoms with Crippen LogP contribution < -0.4 is 5.01 Å². The van der Waals surface area contributed by atoms with E-state index in [1.165, 1.54) is 5.01 Å². The summed E-state index contributed by atoms with van der Waals surface area (Å²) < 4.78 is 0. The zero-order chi connectivity index (χ0) is 14.8. The Hall–Kier alpha value is -2.14. The first-order valence-electron chi connectivity index (χ1n) is 6.84. The monoisotopic (exact) mass is 302 g/mol. The summed E-state index contributed by atoms with van der Waals surface area (Å²) in [6.07, 6.45) is 4.75. The van der Waals surface area contributed by atoms with Gasteiger partial charge in [-0.15, -0.1) is 0 Å². The van der Waals surface area contributed by atoms with E-state index in [1.54, 1.807) is 36.7 Å². The number of H-pyrrole nitrogens is 1. The summed E-state index contributed by atoms with van der Waals surface area (Å²) in [6.45, 7) is 1.99. The summed E-state index contributed by atoms with van der Waals surface area (Å²) in [7, 11) is 0. The van der Waals surface area contributed by atoms with Gasteiger partial charge >= 0.3 is 0 Å². The maximum absolute atomic E-state index is 12.5. The first kappa shape index (κ1) is 13.8. The van der Waals surface area contributed by atoms with E-state index < -0.39 is 0 Å². The van der Waals surface area contributed by atoms with E-state index in [0.29, 0.717) is 11.4 Å². The molecule has 1 N–H and O–H groups in total. The van der Waals surface area contributed by atoms with Crippen molar-refractivity contribution in [2.75, 3.05) is 5.01 Å². The Morgan fingerprint density at radius 2 is 2.10 bits per heavy atom. The molecule has 1 atom stereocenters. The third-order valence-electron chi connectivity index (χ3n) is 3.52. The van der Waals surface area contributed by atoms with Gasteiger partial charge in [0.05, 0.1) is 17.3 Å². The van der Waals surface area contributed by atoms with Crippen molar-refractivity contribution in [1.29, 1.82) is 0 Å². The Labute approximate surface area is 127 Å². The molecule has 5 nitrogen and oxygen atoms in total. The fourth-order valence-electron chi connectivity index (χ4n) is 2.44. The molecule has 0 fully saturated rings. The van der Waals surface area contributed by atoms with E-state index in [9.17, 15) is 4.79 Å². The molecule has 2 aromatic rings. The molecule has 2 heterocycles. The highest BCUT2D eigenvalue weighted by atomic mass is 35.5. The van der Waals surface area contributed by atoms with Gasteiger partial charge in [-0.3, -0.25) is 4.79 Å². The Morgan fingerprint density at radius 1 is 1.33 bits per heavy atom. The van der Waals surface area contributed by atoms with Gasteiger partial charge in [0, 0.05) is 23.8 Å². The van der Waals surface area contributed by atoms with Gasteiger partial charge in [0.1, 0.15) is 5.82 Å². The second-order valence-corrected chi connectivity index (χ2v) is 5.33. The summed E-state index contributed by atoms with van der Waals surface area (Å²) >= 11 is 5.88. The van der Waals surface area contributed by atoms with Crippen LogP contribution in [0.1, 0.15) is 19.2 Å². The lowest BCUT2D eigenvalue weighted by Crippen LogP contribution is -2.27. The van der Waals surface area contributed by atoms with Gasteiger partial charge in [-0.2, -0.15) is 5.10 Å². The Morgan fingerprint density at radius 3 is 2.71 bits per heavy atom. The standard InChI is InChI=1S/C15H15ClN4O/c1-2-12-13(9-14-17-7-8-18-14)19-20(15(12)21)11-5-3-10(16)4-6-11/h3-8,12H,2,9H2,1H3,(H,17,18). The number of anilines is 1. The maximum atomic E-state index is 12.5. The number of halogens is 1. The summed E-state index contributed by atoms with van der Waals surface area (Å²) in [5.74, 6) is 0.630. The smallest absolute Gasteiger partial charge is 0.256 e. The number of nitrogens with zero attached hydrogens (tertiary/aromatic N) is 3. The van der Waals surface area contributed by atoms with E-state index in [4.69, 9.17) is 11.6 Å². The number of hydrogen-bond acceptors (Lipinski definition) is 3. The first-order chi connectivity index (χ1) is 10.2. The van der Waals surface area contributed by atoms with Crippen LogP contribution in [-0.2, 0) is 11.2 Å². The molecule has 0 aliphatic carbocycles. The molecule has 6 heteroatoms. The normalized spacial score (nSPS) is 18.2. The molecule has 0 radical (unpaired) electrons. The van der Waals surface area contributed by atoms with Gasteiger partial charge in [0.15, 0.2) is 0 Å². The second kappa shape index (κ2) is 5.69. The predicted molar refractivity (Wildman–Crippen MR) is 82.4 cm³/mol. The van der Waals surface area contributed by atoms with Gasteiger partial charge in [-0.25, -0.2) is 9.99 Å². The highest BCUT2D eigenvalue weighted by Crippen LogP contribution is 2.27. The largest absolute Gasteiger partial charge is 0.348 e. The first-order valence-corrected chi connectivity index (χ1v) is 7.22. The number of imidazole rings is 1. The SMILES string of the molecule is CCC1C(=O)N(c2ccc(Cl)cc2)N=C1Cc1ncc[nH]1. The van der Waals surface area contributed by atoms with Gasteiger partial charge in [0.25, 0.3) is 5.91 Å². The van der Waals surface area contributed by atoms with Crippen molar-refractivity contribution < 1.29 is 4.79 Å². The summed E-state index contributed by atoms with van der Waals surface area (Å²) in [5.41, 5.74) is 1.57. The number of benzene rings is 1. The molecule has 0 saturated carbocycles. The Bertz CT molecular complexity index is 663. The quantitative estimate of drug-likeness (QED) is 0.943. The molecule has 0 bridgehead atoms. The lowest BCUT2D eigenvalue weighted by Gasteiger charge is -2.13. The van der Waals surface area contributed by atoms with Crippen molar-refractivity contribution in [2.24, 2.45) is 11.0 Å². The Balaban J connectivity index is 1.89. The van der Waals surface area contributed by atoms with Gasteiger partial charge in [-0.05, 0) is 30.7 Å². The van der Waals surface area contributed by atoms with Crippen molar-refractivity contribution in [2.45, 2.75) is 19.8 Å². The van der Waals surface area contributed by atoms with Crippen LogP contribution in [0, 0.1) is 5.92 Å². The molecule has 1 unspecified atom stereocenters. The number of nitrogens with one attached hydrogen (secondary N) is 1. The molecular weight excluding hydrogens is 288 g/mol. The van der Waals surface area contributed by atoms with Crippen molar-refractivity contribution in [3.05, 3.63) is 47.5 Å². The van der Waals surface area contributed by atoms with Crippen LogP contribution in [0.15, 0.2) is 41.8 Å². The molecular formula is C15H15ClN4O. The number of hydrazone groups is 1. The third kappa shape index (κ3) is 2.69. The summed E-state index contributed by atoms with van der Waals surface area (Å²) in [6, 6.07) is 7.11. The number of aromatic amines is 1. The number of aromatic nitrogens is 2. The minimum atomic E-state index is -0.189. The minimum absolute atomic E-state index is 0.00128. The van der Waals surface area contributed by atoms with Gasteiger partial charge in [0.2, 0.25) is 0 Å². The molecule has 21 heavy (non-hydrogen) atoms. The zero-order valence-corrected chi connectivity index (χ0v) is 12.3. The van der Waals surface area contributed by atoms with Crippen LogP contribution in [0.25, 0.3) is 0 Å². The molecule has 0 saturated heterocycles. The van der Waals surface area contributed by atoms with Crippen molar-refractivity contribution in [3.63, 3.8) is 0 Å². The van der Waals surface area contributed by atoms with Crippen molar-refractivity contribution >= 4 is 28.9 Å². The molecule has 1 aliphatic heterocycles. The van der Waals surface area contributed by atoms with Crippen molar-refractivity contribution in [3.8, 4) is 0 Å². The number of carbonyl (C=O) groups excluding carboxylic acids is 1. The number of rotatable bonds is 4. The van der Waals surface area contributed by atoms with E-state index in [0.717, 1.165) is 23.6 Å². The van der Waals surface area contributed by atoms with Crippen LogP contribution in [0.3, 0.4) is 0 Å². The fraction of sp³-hybridized carbons (Fsp3) is 0.267. The van der Waals surface area contributed by atoms with E-state index >= 15 is 0 Å². The zero-order valence-electron chi connectivity index (χ0n) is 11.6. The van der Waals surface area contributed by atoms with E-state index in [2.05, 4.69) is 15.1 Å². The van der Waals surface area contributed by atoms with Crippen LogP contribution in [0.4, 0.5) is 5.69 Å². The predicted octanol–water partition coefficient (Wildman–Crippen LogP) is 3.03. The highest BCUT2D eigenvalue weighted by molar-refractivity contribution is 6.30. The van der Waals surface area contributed by atoms with Crippen LogP contribution in [0.2, 0.25) is 5.02 Å². The van der Waals surface area contributed by atoms with Crippen LogP contribution in [0.5, 0.6) is 0 Å². The molecule has 108 valence electrons. The van der Waals surface area contributed by atoms with Gasteiger partial charge in [-0.1, -0.05) is 18.5 Å². The number of amides is 1. The molecule has 0 spiro atoms. The Kier molecular flexibility index (Phi) is 3.75. The third-order valence-corrected chi connectivity index (χ3v) is 3.77. The van der Waals surface area contributed by atoms with Crippen LogP contribution >= 0.6 is 11.6 Å². The summed E-state index contributed by atoms with van der Waals surface area (Å²) in [4.78, 5) is 19.8. The van der Waals surface area contributed by atoms with E-state index in [-0.39, 0.29) is 11.8 Å². The molecule has 1 amide bonds.